The molecular weight excluding hydrogens is 368 g/mol. The topological polar surface area (TPSA) is 15.7 Å². The summed E-state index contributed by atoms with van der Waals surface area (Å²) in [6.45, 7) is 0. The van der Waals surface area contributed by atoms with Crippen LogP contribution in [-0.2, 0) is 4.84 Å². The van der Waals surface area contributed by atoms with Crippen LogP contribution in [0.2, 0.25) is 0 Å². The van der Waals surface area contributed by atoms with Gasteiger partial charge in [0.25, 0.3) is 0 Å². The highest BCUT2D eigenvalue weighted by atomic mass is 16.7. The average molecular weight is 409 g/mol. The van der Waals surface area contributed by atoms with E-state index in [1.807, 2.05) is 18.2 Å². The van der Waals surface area contributed by atoms with E-state index in [0.717, 1.165) is 0 Å². The second-order valence-electron chi connectivity index (χ2n) is 8.81. The molecule has 30 heavy (non-hydrogen) atoms. The van der Waals surface area contributed by atoms with Crippen LogP contribution in [0.4, 0.5) is 0 Å². The number of hydrogen-bond donors (Lipinski definition) is 0. The van der Waals surface area contributed by atoms with Crippen LogP contribution in [0.5, 0.6) is 0 Å². The monoisotopic (exact) mass is 408 g/mol. The highest BCUT2D eigenvalue weighted by Crippen LogP contribution is 2.34. The molecular formula is C27H40N2O. The lowest BCUT2D eigenvalue weighted by molar-refractivity contribution is -0.141. The molecule has 0 spiro atoms. The largest absolute Gasteiger partial charge is 0.274 e. The zero-order valence-electron chi connectivity index (χ0n) is 19.0. The minimum absolute atomic E-state index is 0.0463. The van der Waals surface area contributed by atoms with E-state index < -0.39 is 0 Å². The van der Waals surface area contributed by atoms with Crippen LogP contribution in [0.25, 0.3) is 0 Å². The predicted octanol–water partition coefficient (Wildman–Crippen LogP) is 6.70. The molecule has 0 bridgehead atoms. The Morgan fingerprint density at radius 3 is 1.77 bits per heavy atom. The first-order valence-corrected chi connectivity index (χ1v) is 11.9. The van der Waals surface area contributed by atoms with Crippen molar-refractivity contribution in [1.82, 2.24) is 9.96 Å². The first-order chi connectivity index (χ1) is 14.8. The SMILES string of the molecule is CN1OC(C2=CC=CC=CC=CC=CC=C2)N(C)C1C1CCCCCCCCCC1. The highest BCUT2D eigenvalue weighted by molar-refractivity contribution is 5.32. The third-order valence-corrected chi connectivity index (χ3v) is 6.50. The van der Waals surface area contributed by atoms with E-state index in [-0.39, 0.29) is 6.23 Å². The van der Waals surface area contributed by atoms with Crippen molar-refractivity contribution >= 4 is 0 Å². The number of hydrogen-bond acceptors (Lipinski definition) is 3. The van der Waals surface area contributed by atoms with E-state index in [9.17, 15) is 0 Å². The van der Waals surface area contributed by atoms with Gasteiger partial charge in [0.05, 0.1) is 6.17 Å². The summed E-state index contributed by atoms with van der Waals surface area (Å²) >= 11 is 0. The van der Waals surface area contributed by atoms with Gasteiger partial charge in [0, 0.05) is 7.05 Å². The molecule has 1 heterocycles. The summed E-state index contributed by atoms with van der Waals surface area (Å²) in [6, 6.07) is 0. The summed E-state index contributed by atoms with van der Waals surface area (Å²) < 4.78 is 0. The Kier molecular flexibility index (Phi) is 9.88. The van der Waals surface area contributed by atoms with E-state index in [1.54, 1.807) is 0 Å². The maximum absolute atomic E-state index is 6.41. The number of rotatable bonds is 2. The van der Waals surface area contributed by atoms with Crippen molar-refractivity contribution < 1.29 is 4.84 Å². The summed E-state index contributed by atoms with van der Waals surface area (Å²) in [5.74, 6) is 0.669. The fourth-order valence-electron chi connectivity index (χ4n) is 4.93. The maximum atomic E-state index is 6.41. The van der Waals surface area contributed by atoms with Crippen molar-refractivity contribution in [3.05, 3.63) is 72.4 Å². The predicted molar refractivity (Wildman–Crippen MR) is 128 cm³/mol. The Balaban J connectivity index is 1.74. The third-order valence-electron chi connectivity index (χ3n) is 6.50. The molecule has 164 valence electrons. The number of likely N-dealkylation sites (N-methyl/N-ethyl adjacent to an activating group) is 1. The average Bonchev–Trinajstić information content (AvgIpc) is 2.99. The molecule has 2 atom stereocenters. The molecule has 2 fully saturated rings. The molecule has 3 heteroatoms. The van der Waals surface area contributed by atoms with E-state index >= 15 is 0 Å². The number of nitrogens with zero attached hydrogens (tertiary/aromatic N) is 2. The molecule has 2 aliphatic carbocycles. The standard InChI is InChI=1S/C27H40N2O/c1-28-26(24-20-16-12-8-6-7-9-13-17-21-24)29(2)30-27(28)25-22-18-14-10-4-3-5-11-15-19-23-25/h3-5,10-11,14-15,18-19,22-24,26-27H,6-9,12-13,16-17,20-21H2,1-2H3. The van der Waals surface area contributed by atoms with Crippen LogP contribution >= 0.6 is 0 Å². The van der Waals surface area contributed by atoms with Crippen LogP contribution in [-0.4, -0.2) is 36.5 Å². The second-order valence-corrected chi connectivity index (χ2v) is 8.81. The molecule has 0 aromatic heterocycles. The number of allylic oxidation sites excluding steroid dienone is 10. The summed E-state index contributed by atoms with van der Waals surface area (Å²) in [4.78, 5) is 8.85. The van der Waals surface area contributed by atoms with Crippen LogP contribution in [0.1, 0.15) is 64.2 Å². The van der Waals surface area contributed by atoms with Crippen molar-refractivity contribution in [2.75, 3.05) is 14.1 Å². The molecule has 1 aliphatic heterocycles. The Labute approximate surface area is 184 Å². The molecule has 1 saturated carbocycles. The molecule has 0 aromatic carbocycles. The van der Waals surface area contributed by atoms with Gasteiger partial charge in [-0.15, -0.1) is 0 Å². The molecule has 0 amide bonds. The summed E-state index contributed by atoms with van der Waals surface area (Å²) in [7, 11) is 4.35. The first kappa shape index (κ1) is 23.0. The minimum atomic E-state index is -0.0463. The Bertz CT molecular complexity index is 673. The van der Waals surface area contributed by atoms with Crippen LogP contribution in [0, 0.1) is 5.92 Å². The summed E-state index contributed by atoms with van der Waals surface area (Å²) in [6.07, 6.45) is 37.0. The van der Waals surface area contributed by atoms with E-state index in [0.29, 0.717) is 12.1 Å². The van der Waals surface area contributed by atoms with E-state index in [2.05, 4.69) is 72.7 Å². The minimum Gasteiger partial charge on any atom is -0.274 e. The summed E-state index contributed by atoms with van der Waals surface area (Å²) in [5.41, 5.74) is 1.18. The lowest BCUT2D eigenvalue weighted by atomic mass is 9.91. The Morgan fingerprint density at radius 2 is 1.17 bits per heavy atom. The van der Waals surface area contributed by atoms with Gasteiger partial charge in [-0.05, 0) is 31.4 Å². The fourth-order valence-corrected chi connectivity index (χ4v) is 4.93. The van der Waals surface area contributed by atoms with Crippen LogP contribution < -0.4 is 0 Å². The van der Waals surface area contributed by atoms with E-state index in [1.165, 1.54) is 69.8 Å². The first-order valence-electron chi connectivity index (χ1n) is 11.9. The van der Waals surface area contributed by atoms with Gasteiger partial charge < -0.3 is 0 Å². The van der Waals surface area contributed by atoms with Gasteiger partial charge in [-0.1, -0.05) is 118 Å². The lowest BCUT2D eigenvalue weighted by Crippen LogP contribution is -2.42. The van der Waals surface area contributed by atoms with Gasteiger partial charge in [-0.25, -0.2) is 0 Å². The molecule has 2 unspecified atom stereocenters. The normalized spacial score (nSPS) is 28.7. The molecule has 1 saturated heterocycles. The van der Waals surface area contributed by atoms with Crippen molar-refractivity contribution in [3.8, 4) is 0 Å². The van der Waals surface area contributed by atoms with Gasteiger partial charge >= 0.3 is 0 Å². The highest BCUT2D eigenvalue weighted by Gasteiger charge is 2.41. The summed E-state index contributed by atoms with van der Waals surface area (Å²) in [5, 5.41) is 2.13. The van der Waals surface area contributed by atoms with E-state index in [4.69, 9.17) is 4.84 Å². The second kappa shape index (κ2) is 12.9. The van der Waals surface area contributed by atoms with Gasteiger partial charge in [-0.3, -0.25) is 9.74 Å². The Hall–Kier alpha value is -1.68. The van der Waals surface area contributed by atoms with Gasteiger partial charge in [0.1, 0.15) is 0 Å². The molecule has 3 aliphatic rings. The number of hydroxylamine groups is 2. The molecule has 0 N–H and O–H groups in total. The van der Waals surface area contributed by atoms with Gasteiger partial charge in [-0.2, -0.15) is 5.06 Å². The molecule has 3 rings (SSSR count). The van der Waals surface area contributed by atoms with Crippen molar-refractivity contribution in [3.63, 3.8) is 0 Å². The van der Waals surface area contributed by atoms with Gasteiger partial charge in [0.2, 0.25) is 0 Å². The zero-order valence-corrected chi connectivity index (χ0v) is 19.0. The third kappa shape index (κ3) is 6.94. The maximum Gasteiger partial charge on any atom is 0.159 e. The quantitative estimate of drug-likeness (QED) is 0.505. The smallest absolute Gasteiger partial charge is 0.159 e. The zero-order chi connectivity index (χ0) is 21.0. The molecule has 3 nitrogen and oxygen atoms in total. The van der Waals surface area contributed by atoms with Crippen LogP contribution in [0.15, 0.2) is 72.4 Å². The molecule has 0 radical (unpaired) electrons. The Morgan fingerprint density at radius 1 is 0.667 bits per heavy atom. The van der Waals surface area contributed by atoms with Gasteiger partial charge in [0.15, 0.2) is 6.23 Å². The van der Waals surface area contributed by atoms with Crippen molar-refractivity contribution in [1.29, 1.82) is 0 Å². The van der Waals surface area contributed by atoms with Crippen LogP contribution in [0.3, 0.4) is 0 Å². The molecule has 0 aromatic rings. The fraction of sp³-hybridized carbons (Fsp3) is 0.556. The lowest BCUT2D eigenvalue weighted by Gasteiger charge is -2.32. The van der Waals surface area contributed by atoms with Crippen molar-refractivity contribution in [2.24, 2.45) is 5.92 Å². The van der Waals surface area contributed by atoms with Crippen molar-refractivity contribution in [2.45, 2.75) is 76.6 Å².